The molecule has 0 amide bonds. The predicted octanol–water partition coefficient (Wildman–Crippen LogP) is 3.04. The molecule has 1 saturated heterocycles. The summed E-state index contributed by atoms with van der Waals surface area (Å²) >= 11 is 0. The summed E-state index contributed by atoms with van der Waals surface area (Å²) in [7, 11) is 0. The lowest BCUT2D eigenvalue weighted by atomic mass is 9.91. The molecule has 4 rings (SSSR count). The first-order valence-corrected chi connectivity index (χ1v) is 8.04. The van der Waals surface area contributed by atoms with Crippen LogP contribution in [0.15, 0.2) is 41.2 Å². The molecule has 0 radical (unpaired) electrons. The van der Waals surface area contributed by atoms with Crippen LogP contribution in [0, 0.1) is 5.82 Å². The van der Waals surface area contributed by atoms with E-state index < -0.39 is 0 Å². The topological polar surface area (TPSA) is 47.1 Å². The third-order valence-corrected chi connectivity index (χ3v) is 4.64. The van der Waals surface area contributed by atoms with Gasteiger partial charge >= 0.3 is 0 Å². The van der Waals surface area contributed by atoms with Crippen molar-refractivity contribution in [3.05, 3.63) is 48.2 Å². The van der Waals surface area contributed by atoms with E-state index in [4.69, 9.17) is 4.52 Å². The van der Waals surface area contributed by atoms with E-state index in [-0.39, 0.29) is 5.82 Å². The first kappa shape index (κ1) is 14.4. The van der Waals surface area contributed by atoms with Gasteiger partial charge in [-0.25, -0.2) is 4.39 Å². The molecule has 0 N–H and O–H groups in total. The Morgan fingerprint density at radius 2 is 2.09 bits per heavy atom. The zero-order valence-electron chi connectivity index (χ0n) is 12.9. The lowest BCUT2D eigenvalue weighted by Crippen LogP contribution is -2.35. The maximum atomic E-state index is 13.2. The number of aromatic nitrogens is 3. The van der Waals surface area contributed by atoms with E-state index >= 15 is 0 Å². The highest BCUT2D eigenvalue weighted by Gasteiger charge is 2.24. The van der Waals surface area contributed by atoms with Gasteiger partial charge in [-0.3, -0.25) is 4.68 Å². The zero-order valence-corrected chi connectivity index (χ0v) is 12.9. The van der Waals surface area contributed by atoms with Crippen molar-refractivity contribution in [2.24, 2.45) is 0 Å². The minimum Gasteiger partial charge on any atom is -0.356 e. The van der Waals surface area contributed by atoms with Crippen molar-refractivity contribution in [1.29, 1.82) is 0 Å². The van der Waals surface area contributed by atoms with Crippen LogP contribution in [0.5, 0.6) is 0 Å². The van der Waals surface area contributed by atoms with E-state index in [1.807, 2.05) is 23.1 Å². The van der Waals surface area contributed by atoms with E-state index in [2.05, 4.69) is 15.2 Å². The van der Waals surface area contributed by atoms with Gasteiger partial charge in [0.15, 0.2) is 5.58 Å². The Labute approximate surface area is 133 Å². The summed E-state index contributed by atoms with van der Waals surface area (Å²) in [4.78, 5) is 2.46. The van der Waals surface area contributed by atoms with Gasteiger partial charge in [-0.15, -0.1) is 0 Å². The highest BCUT2D eigenvalue weighted by Crippen LogP contribution is 2.32. The highest BCUT2D eigenvalue weighted by molar-refractivity contribution is 5.79. The van der Waals surface area contributed by atoms with Gasteiger partial charge in [-0.1, -0.05) is 5.16 Å². The van der Waals surface area contributed by atoms with Gasteiger partial charge < -0.3 is 9.42 Å². The van der Waals surface area contributed by atoms with Crippen LogP contribution in [0.2, 0.25) is 0 Å². The van der Waals surface area contributed by atoms with Crippen molar-refractivity contribution in [1.82, 2.24) is 19.8 Å². The van der Waals surface area contributed by atoms with Gasteiger partial charge in [0.1, 0.15) is 5.82 Å². The molecule has 3 heterocycles. The zero-order chi connectivity index (χ0) is 15.6. The molecule has 120 valence electrons. The first-order valence-electron chi connectivity index (χ1n) is 8.04. The van der Waals surface area contributed by atoms with Crippen molar-refractivity contribution in [3.8, 4) is 0 Å². The van der Waals surface area contributed by atoms with E-state index in [0.717, 1.165) is 50.1 Å². The monoisotopic (exact) mass is 314 g/mol. The summed E-state index contributed by atoms with van der Waals surface area (Å²) in [5.41, 5.74) is 1.52. The third-order valence-electron chi connectivity index (χ3n) is 4.64. The van der Waals surface area contributed by atoms with E-state index in [0.29, 0.717) is 11.5 Å². The molecule has 0 aliphatic carbocycles. The molecule has 1 fully saturated rings. The second-order valence-electron chi connectivity index (χ2n) is 6.09. The highest BCUT2D eigenvalue weighted by atomic mass is 19.1. The van der Waals surface area contributed by atoms with Crippen LogP contribution in [-0.4, -0.2) is 39.5 Å². The van der Waals surface area contributed by atoms with Gasteiger partial charge in [0.2, 0.25) is 0 Å². The molecule has 1 aliphatic heterocycles. The standard InChI is InChI=1S/C17H19FN4O/c18-14-2-3-15-16(12-14)23-20-17(15)13-4-8-21(9-5-13)10-11-22-7-1-6-19-22/h1-3,6-7,12-13H,4-5,8-11H2. The Morgan fingerprint density at radius 3 is 2.87 bits per heavy atom. The van der Waals surface area contributed by atoms with E-state index in [1.165, 1.54) is 12.1 Å². The summed E-state index contributed by atoms with van der Waals surface area (Å²) < 4.78 is 20.5. The molecular weight excluding hydrogens is 295 g/mol. The number of likely N-dealkylation sites (tertiary alicyclic amines) is 1. The minimum absolute atomic E-state index is 0.284. The summed E-state index contributed by atoms with van der Waals surface area (Å²) in [5.74, 6) is 0.108. The molecule has 0 unspecified atom stereocenters. The van der Waals surface area contributed by atoms with Crippen LogP contribution in [-0.2, 0) is 6.54 Å². The number of nitrogens with zero attached hydrogens (tertiary/aromatic N) is 4. The van der Waals surface area contributed by atoms with Gasteiger partial charge in [0.25, 0.3) is 0 Å². The smallest absolute Gasteiger partial charge is 0.170 e. The number of hydrogen-bond donors (Lipinski definition) is 0. The second kappa shape index (κ2) is 6.12. The van der Waals surface area contributed by atoms with Crippen LogP contribution in [0.4, 0.5) is 4.39 Å². The molecule has 6 heteroatoms. The van der Waals surface area contributed by atoms with Crippen molar-refractivity contribution in [2.75, 3.05) is 19.6 Å². The summed E-state index contributed by atoms with van der Waals surface area (Å²) in [6, 6.07) is 6.61. The second-order valence-corrected chi connectivity index (χ2v) is 6.09. The lowest BCUT2D eigenvalue weighted by molar-refractivity contribution is 0.200. The molecule has 5 nitrogen and oxygen atoms in total. The fourth-order valence-corrected chi connectivity index (χ4v) is 3.33. The first-order chi connectivity index (χ1) is 11.3. The molecule has 1 aromatic carbocycles. The normalized spacial score (nSPS) is 17.1. The number of piperidine rings is 1. The summed E-state index contributed by atoms with van der Waals surface area (Å²) in [6.07, 6.45) is 5.91. The van der Waals surface area contributed by atoms with Crippen LogP contribution in [0.1, 0.15) is 24.5 Å². The van der Waals surface area contributed by atoms with Gasteiger partial charge in [-0.2, -0.15) is 5.10 Å². The SMILES string of the molecule is Fc1ccc2c(C3CCN(CCn4cccn4)CC3)noc2c1. The summed E-state index contributed by atoms with van der Waals surface area (Å²) in [6.45, 7) is 4.02. The molecule has 0 bridgehead atoms. The number of rotatable bonds is 4. The number of fused-ring (bicyclic) bond motifs is 1. The van der Waals surface area contributed by atoms with E-state index in [1.54, 1.807) is 6.07 Å². The Kier molecular flexibility index (Phi) is 3.83. The lowest BCUT2D eigenvalue weighted by Gasteiger charge is -2.31. The van der Waals surface area contributed by atoms with Gasteiger partial charge in [0.05, 0.1) is 12.2 Å². The quantitative estimate of drug-likeness (QED) is 0.742. The number of benzene rings is 1. The average Bonchev–Trinajstić information content (AvgIpc) is 3.22. The molecule has 2 aromatic heterocycles. The van der Waals surface area contributed by atoms with Crippen LogP contribution in [0.25, 0.3) is 11.0 Å². The third kappa shape index (κ3) is 2.99. The van der Waals surface area contributed by atoms with Crippen molar-refractivity contribution >= 4 is 11.0 Å². The van der Waals surface area contributed by atoms with Crippen molar-refractivity contribution in [2.45, 2.75) is 25.3 Å². The fraction of sp³-hybridized carbons (Fsp3) is 0.412. The maximum Gasteiger partial charge on any atom is 0.170 e. The Bertz CT molecular complexity index is 775. The van der Waals surface area contributed by atoms with Gasteiger partial charge in [0, 0.05) is 36.3 Å². The Hall–Kier alpha value is -2.21. The van der Waals surface area contributed by atoms with Crippen LogP contribution < -0.4 is 0 Å². The van der Waals surface area contributed by atoms with Crippen LogP contribution in [0.3, 0.4) is 0 Å². The molecule has 0 spiro atoms. The Balaban J connectivity index is 1.38. The van der Waals surface area contributed by atoms with E-state index in [9.17, 15) is 4.39 Å². The molecule has 3 aromatic rings. The largest absolute Gasteiger partial charge is 0.356 e. The maximum absolute atomic E-state index is 13.2. The molecule has 23 heavy (non-hydrogen) atoms. The van der Waals surface area contributed by atoms with Crippen molar-refractivity contribution < 1.29 is 8.91 Å². The van der Waals surface area contributed by atoms with Crippen molar-refractivity contribution in [3.63, 3.8) is 0 Å². The molecule has 1 aliphatic rings. The minimum atomic E-state index is -0.284. The van der Waals surface area contributed by atoms with Crippen LogP contribution >= 0.6 is 0 Å². The number of halogens is 1. The molecule has 0 saturated carbocycles. The predicted molar refractivity (Wildman–Crippen MR) is 84.6 cm³/mol. The molecule has 0 atom stereocenters. The summed E-state index contributed by atoms with van der Waals surface area (Å²) in [5, 5.41) is 9.38. The molecular formula is C17H19FN4O. The Morgan fingerprint density at radius 1 is 1.22 bits per heavy atom. The van der Waals surface area contributed by atoms with Gasteiger partial charge in [-0.05, 0) is 44.1 Å². The number of hydrogen-bond acceptors (Lipinski definition) is 4. The fourth-order valence-electron chi connectivity index (χ4n) is 3.33. The average molecular weight is 314 g/mol.